The molecule has 1 aromatic rings. The molecule has 6 heteroatoms. The first-order valence-electron chi connectivity index (χ1n) is 9.40. The van der Waals surface area contributed by atoms with Crippen LogP contribution in [-0.4, -0.2) is 51.3 Å². The number of rotatable bonds is 4. The van der Waals surface area contributed by atoms with E-state index in [4.69, 9.17) is 0 Å². The van der Waals surface area contributed by atoms with Gasteiger partial charge in [0.15, 0.2) is 0 Å². The van der Waals surface area contributed by atoms with E-state index in [1.54, 1.807) is 13.2 Å². The van der Waals surface area contributed by atoms with Crippen molar-refractivity contribution in [3.05, 3.63) is 17.5 Å². The Morgan fingerprint density at radius 1 is 1.17 bits per heavy atom. The predicted molar refractivity (Wildman–Crippen MR) is 88.9 cm³/mol. The zero-order valence-corrected chi connectivity index (χ0v) is 14.5. The summed E-state index contributed by atoms with van der Waals surface area (Å²) in [4.78, 5) is 5.12. The lowest BCUT2D eigenvalue weighted by molar-refractivity contribution is 0.0712. The fourth-order valence-corrected chi connectivity index (χ4v) is 5.13. The van der Waals surface area contributed by atoms with Gasteiger partial charge in [-0.15, -0.1) is 0 Å². The highest BCUT2D eigenvalue weighted by atomic mass is 19.3. The van der Waals surface area contributed by atoms with Crippen LogP contribution >= 0.6 is 0 Å². The summed E-state index contributed by atoms with van der Waals surface area (Å²) in [5.74, 6) is 0.745. The Labute approximate surface area is 142 Å². The van der Waals surface area contributed by atoms with E-state index in [-0.39, 0.29) is 5.69 Å². The van der Waals surface area contributed by atoms with E-state index < -0.39 is 6.43 Å². The third-order valence-electron chi connectivity index (χ3n) is 6.37. The normalized spacial score (nSPS) is 29.7. The van der Waals surface area contributed by atoms with Gasteiger partial charge >= 0.3 is 0 Å². The van der Waals surface area contributed by atoms with Crippen molar-refractivity contribution in [1.82, 2.24) is 19.6 Å². The molecule has 2 saturated heterocycles. The van der Waals surface area contributed by atoms with E-state index in [1.165, 1.54) is 49.8 Å². The van der Waals surface area contributed by atoms with Crippen LogP contribution < -0.4 is 0 Å². The van der Waals surface area contributed by atoms with Crippen LogP contribution in [0, 0.1) is 5.92 Å². The molecule has 0 radical (unpaired) electrons. The van der Waals surface area contributed by atoms with Crippen LogP contribution in [0.4, 0.5) is 8.78 Å². The molecule has 2 unspecified atom stereocenters. The number of likely N-dealkylation sites (tertiary alicyclic amines) is 2. The second-order valence-corrected chi connectivity index (χ2v) is 7.82. The molecule has 1 saturated carbocycles. The molecule has 0 N–H and O–H groups in total. The van der Waals surface area contributed by atoms with E-state index in [0.29, 0.717) is 18.2 Å². The topological polar surface area (TPSA) is 24.3 Å². The smallest absolute Gasteiger partial charge is 0.282 e. The lowest BCUT2D eigenvalue weighted by Crippen LogP contribution is -2.50. The first kappa shape index (κ1) is 16.5. The third kappa shape index (κ3) is 3.10. The maximum Gasteiger partial charge on any atom is 0.282 e. The van der Waals surface area contributed by atoms with Crippen molar-refractivity contribution in [3.63, 3.8) is 0 Å². The van der Waals surface area contributed by atoms with Crippen LogP contribution in [0.1, 0.15) is 56.2 Å². The van der Waals surface area contributed by atoms with Gasteiger partial charge in [-0.25, -0.2) is 8.78 Å². The molecular formula is C18H28F2N4. The lowest BCUT2D eigenvalue weighted by Gasteiger charge is -2.41. The second kappa shape index (κ2) is 6.71. The Hall–Kier alpha value is -1.01. The van der Waals surface area contributed by atoms with Gasteiger partial charge in [-0.1, -0.05) is 12.8 Å². The van der Waals surface area contributed by atoms with Gasteiger partial charge in [0.1, 0.15) is 5.69 Å². The highest BCUT2D eigenvalue weighted by Gasteiger charge is 2.40. The fourth-order valence-electron chi connectivity index (χ4n) is 5.13. The number of aromatic nitrogens is 2. The van der Waals surface area contributed by atoms with Crippen molar-refractivity contribution in [2.24, 2.45) is 13.0 Å². The summed E-state index contributed by atoms with van der Waals surface area (Å²) in [7, 11) is 1.73. The monoisotopic (exact) mass is 338 g/mol. The van der Waals surface area contributed by atoms with Crippen molar-refractivity contribution in [2.75, 3.05) is 19.6 Å². The molecule has 3 aliphatic rings. The van der Waals surface area contributed by atoms with Crippen LogP contribution in [0.3, 0.4) is 0 Å². The van der Waals surface area contributed by atoms with Gasteiger partial charge < -0.3 is 0 Å². The number of alkyl halides is 2. The van der Waals surface area contributed by atoms with Gasteiger partial charge in [-0.2, -0.15) is 5.10 Å². The van der Waals surface area contributed by atoms with E-state index in [1.807, 2.05) is 0 Å². The summed E-state index contributed by atoms with van der Waals surface area (Å²) >= 11 is 0. The summed E-state index contributed by atoms with van der Waals surface area (Å²) in [6, 6.07) is 1.30. The van der Waals surface area contributed by atoms with Gasteiger partial charge in [0.05, 0.1) is 0 Å². The summed E-state index contributed by atoms with van der Waals surface area (Å²) in [5.41, 5.74) is 0.663. The first-order chi connectivity index (χ1) is 11.6. The van der Waals surface area contributed by atoms with Crippen LogP contribution in [-0.2, 0) is 13.6 Å². The summed E-state index contributed by atoms with van der Waals surface area (Å²) < 4.78 is 27.9. The maximum absolute atomic E-state index is 13.2. The lowest BCUT2D eigenvalue weighted by atomic mass is 9.91. The Kier molecular flexibility index (Phi) is 4.60. The summed E-state index contributed by atoms with van der Waals surface area (Å²) in [6.07, 6.45) is 7.19. The molecule has 3 fully saturated rings. The first-order valence-corrected chi connectivity index (χ1v) is 9.40. The number of halogens is 2. The molecule has 4 rings (SSSR count). The minimum absolute atomic E-state index is 0.0376. The largest absolute Gasteiger partial charge is 0.299 e. The van der Waals surface area contributed by atoms with Gasteiger partial charge in [-0.05, 0) is 44.7 Å². The third-order valence-corrected chi connectivity index (χ3v) is 6.37. The van der Waals surface area contributed by atoms with E-state index >= 15 is 0 Å². The standard InChI is InChI=1S/C18H28F2N4/c1-22-10-14(17(21-22)18(19)20)11-24-9-7-13-6-8-23(12-16(13)24)15-4-2-3-5-15/h10,13,15-16,18H,2-9,11-12H2,1H3. The van der Waals surface area contributed by atoms with Crippen LogP contribution in [0.25, 0.3) is 0 Å². The zero-order chi connectivity index (χ0) is 16.7. The number of aryl methyl sites for hydroxylation is 1. The maximum atomic E-state index is 13.2. The Morgan fingerprint density at radius 2 is 1.92 bits per heavy atom. The average Bonchev–Trinajstić information content (AvgIpc) is 3.28. The van der Waals surface area contributed by atoms with Gasteiger partial charge in [0, 0.05) is 44.0 Å². The Bertz CT molecular complexity index is 567. The highest BCUT2D eigenvalue weighted by molar-refractivity contribution is 5.18. The van der Waals surface area contributed by atoms with Gasteiger partial charge in [0.2, 0.25) is 0 Å². The number of hydrogen-bond donors (Lipinski definition) is 0. The van der Waals surface area contributed by atoms with Crippen molar-refractivity contribution in [2.45, 2.75) is 63.6 Å². The Balaban J connectivity index is 1.46. The predicted octanol–water partition coefficient (Wildman–Crippen LogP) is 3.20. The molecular weight excluding hydrogens is 310 g/mol. The van der Waals surface area contributed by atoms with Crippen molar-refractivity contribution >= 4 is 0 Å². The van der Waals surface area contributed by atoms with Crippen LogP contribution in [0.15, 0.2) is 6.20 Å². The molecule has 4 nitrogen and oxygen atoms in total. The quantitative estimate of drug-likeness (QED) is 0.843. The molecule has 2 aliphatic heterocycles. The average molecular weight is 338 g/mol. The molecule has 2 atom stereocenters. The minimum atomic E-state index is -2.49. The van der Waals surface area contributed by atoms with Crippen molar-refractivity contribution < 1.29 is 8.78 Å². The summed E-state index contributed by atoms with van der Waals surface area (Å²) in [5, 5.41) is 3.96. The summed E-state index contributed by atoms with van der Waals surface area (Å²) in [6.45, 7) is 4.01. The molecule has 24 heavy (non-hydrogen) atoms. The number of fused-ring (bicyclic) bond motifs is 1. The molecule has 0 aromatic carbocycles. The zero-order valence-electron chi connectivity index (χ0n) is 14.5. The fraction of sp³-hybridized carbons (Fsp3) is 0.833. The van der Waals surface area contributed by atoms with E-state index in [0.717, 1.165) is 25.0 Å². The molecule has 1 aliphatic carbocycles. The van der Waals surface area contributed by atoms with E-state index in [2.05, 4.69) is 14.9 Å². The molecule has 3 heterocycles. The SMILES string of the molecule is Cn1cc(CN2CCC3CCN(C4CCCC4)CC32)c(C(F)F)n1. The minimum Gasteiger partial charge on any atom is -0.299 e. The number of hydrogen-bond acceptors (Lipinski definition) is 3. The Morgan fingerprint density at radius 3 is 2.67 bits per heavy atom. The van der Waals surface area contributed by atoms with E-state index in [9.17, 15) is 8.78 Å². The molecule has 134 valence electrons. The van der Waals surface area contributed by atoms with Gasteiger partial charge in [-0.3, -0.25) is 14.5 Å². The second-order valence-electron chi connectivity index (χ2n) is 7.82. The number of piperidine rings is 1. The van der Waals surface area contributed by atoms with Crippen LogP contribution in [0.2, 0.25) is 0 Å². The highest BCUT2D eigenvalue weighted by Crippen LogP contribution is 2.36. The molecule has 0 bridgehead atoms. The molecule has 0 spiro atoms. The van der Waals surface area contributed by atoms with Gasteiger partial charge in [0.25, 0.3) is 6.43 Å². The van der Waals surface area contributed by atoms with Crippen molar-refractivity contribution in [3.8, 4) is 0 Å². The molecule has 0 amide bonds. The molecule has 1 aromatic heterocycles. The van der Waals surface area contributed by atoms with Crippen LogP contribution in [0.5, 0.6) is 0 Å². The number of nitrogens with zero attached hydrogens (tertiary/aromatic N) is 4. The van der Waals surface area contributed by atoms with Crippen molar-refractivity contribution in [1.29, 1.82) is 0 Å².